The van der Waals surface area contributed by atoms with Crippen molar-refractivity contribution in [3.63, 3.8) is 0 Å². The Morgan fingerprint density at radius 3 is 2.81 bits per heavy atom. The third kappa shape index (κ3) is 3.99. The van der Waals surface area contributed by atoms with Gasteiger partial charge in [0.1, 0.15) is 17.9 Å². The summed E-state index contributed by atoms with van der Waals surface area (Å²) in [5.74, 6) is -2.43. The van der Waals surface area contributed by atoms with Crippen molar-refractivity contribution in [3.8, 4) is 0 Å². The largest absolute Gasteiger partial charge is 0.358 e. The lowest BCUT2D eigenvalue weighted by atomic mass is 10.0. The van der Waals surface area contributed by atoms with E-state index in [4.69, 9.17) is 0 Å². The number of hydrogen-bond donors (Lipinski definition) is 2. The van der Waals surface area contributed by atoms with Gasteiger partial charge in [-0.25, -0.2) is 8.70 Å². The van der Waals surface area contributed by atoms with E-state index in [-0.39, 0.29) is 11.7 Å². The standard InChI is InChI=1S/C19H19FN2O4S/c1-22-15(11-13-10-14(20)7-8-16(13)27-22)18(23)21-17(19(24)25-26-19)9-12-5-3-2-4-6-12/h2-8,10,15,17,24H,9,11H2,1H3,(H,21,23)/t15?,17-/m0/s1. The topological polar surface area (TPSA) is 77.6 Å². The summed E-state index contributed by atoms with van der Waals surface area (Å²) in [6, 6.07) is 12.7. The van der Waals surface area contributed by atoms with Crippen LogP contribution >= 0.6 is 11.9 Å². The summed E-state index contributed by atoms with van der Waals surface area (Å²) in [6.07, 6.45) is 0.721. The van der Waals surface area contributed by atoms with Gasteiger partial charge >= 0.3 is 5.97 Å². The number of halogens is 1. The number of likely N-dealkylation sites (N-methyl/N-ethyl adjacent to an activating group) is 1. The number of nitrogens with zero attached hydrogens (tertiary/aromatic N) is 1. The zero-order valence-corrected chi connectivity index (χ0v) is 15.4. The van der Waals surface area contributed by atoms with Gasteiger partial charge in [-0.2, -0.15) is 9.78 Å². The van der Waals surface area contributed by atoms with Crippen LogP contribution < -0.4 is 5.32 Å². The molecule has 0 aromatic heterocycles. The van der Waals surface area contributed by atoms with E-state index in [0.717, 1.165) is 16.0 Å². The van der Waals surface area contributed by atoms with Crippen LogP contribution in [0, 0.1) is 5.82 Å². The van der Waals surface area contributed by atoms with Gasteiger partial charge in [-0.3, -0.25) is 4.79 Å². The van der Waals surface area contributed by atoms with Crippen LogP contribution in [0.2, 0.25) is 0 Å². The summed E-state index contributed by atoms with van der Waals surface area (Å²) in [7, 11) is 1.81. The molecule has 0 spiro atoms. The second-order valence-corrected chi connectivity index (χ2v) is 7.86. The van der Waals surface area contributed by atoms with E-state index in [1.54, 1.807) is 6.07 Å². The van der Waals surface area contributed by atoms with E-state index in [1.165, 1.54) is 24.1 Å². The quantitative estimate of drug-likeness (QED) is 0.462. The molecule has 27 heavy (non-hydrogen) atoms. The number of carbonyl (C=O) groups is 1. The van der Waals surface area contributed by atoms with Crippen molar-refractivity contribution in [1.29, 1.82) is 0 Å². The SMILES string of the molecule is CN1Sc2ccc(F)cc2CC1C(=O)N[C@@H](Cc1ccccc1)C1(O)OO1. The monoisotopic (exact) mass is 390 g/mol. The van der Waals surface area contributed by atoms with Gasteiger partial charge in [0.2, 0.25) is 5.91 Å². The molecule has 1 unspecified atom stereocenters. The average molecular weight is 390 g/mol. The number of benzene rings is 2. The first kappa shape index (κ1) is 18.4. The Kier molecular flexibility index (Phi) is 4.92. The molecule has 0 radical (unpaired) electrons. The highest BCUT2D eigenvalue weighted by Crippen LogP contribution is 2.35. The minimum Gasteiger partial charge on any atom is -0.343 e. The number of hydrogen-bond acceptors (Lipinski definition) is 6. The Bertz CT molecular complexity index is 847. The van der Waals surface area contributed by atoms with Crippen LogP contribution in [0.4, 0.5) is 4.39 Å². The zero-order valence-electron chi connectivity index (χ0n) is 14.6. The Labute approximate surface area is 160 Å². The van der Waals surface area contributed by atoms with E-state index in [1.807, 2.05) is 41.7 Å². The van der Waals surface area contributed by atoms with E-state index in [0.29, 0.717) is 12.8 Å². The Balaban J connectivity index is 1.49. The molecule has 1 saturated heterocycles. The maximum atomic E-state index is 13.5. The zero-order chi connectivity index (χ0) is 19.0. The molecule has 0 saturated carbocycles. The van der Waals surface area contributed by atoms with E-state index < -0.39 is 18.1 Å². The second kappa shape index (κ2) is 7.21. The van der Waals surface area contributed by atoms with Crippen LogP contribution in [0.25, 0.3) is 0 Å². The maximum absolute atomic E-state index is 13.5. The van der Waals surface area contributed by atoms with Gasteiger partial charge in [-0.15, -0.1) is 0 Å². The summed E-state index contributed by atoms with van der Waals surface area (Å²) >= 11 is 1.39. The van der Waals surface area contributed by atoms with Crippen molar-refractivity contribution in [3.05, 3.63) is 65.5 Å². The van der Waals surface area contributed by atoms with Crippen molar-refractivity contribution >= 4 is 17.9 Å². The highest BCUT2D eigenvalue weighted by atomic mass is 32.2. The van der Waals surface area contributed by atoms with Crippen LogP contribution in [0.3, 0.4) is 0 Å². The van der Waals surface area contributed by atoms with Crippen LogP contribution in [-0.4, -0.2) is 40.4 Å². The molecule has 0 bridgehead atoms. The van der Waals surface area contributed by atoms with Crippen molar-refractivity contribution in [2.45, 2.75) is 35.8 Å². The molecule has 2 aliphatic rings. The molecule has 1 amide bonds. The molecule has 0 aliphatic carbocycles. The third-order valence-corrected chi connectivity index (χ3v) is 5.85. The molecule has 6 nitrogen and oxygen atoms in total. The molecule has 2 N–H and O–H groups in total. The van der Waals surface area contributed by atoms with Gasteiger partial charge in [0.15, 0.2) is 0 Å². The smallest absolute Gasteiger partial charge is 0.343 e. The minimum absolute atomic E-state index is 0.284. The molecular formula is C19H19FN2O4S. The molecular weight excluding hydrogens is 371 g/mol. The first-order chi connectivity index (χ1) is 12.9. The van der Waals surface area contributed by atoms with Gasteiger partial charge in [0.05, 0.1) is 0 Å². The van der Waals surface area contributed by atoms with Crippen molar-refractivity contribution in [1.82, 2.24) is 9.62 Å². The van der Waals surface area contributed by atoms with Crippen LogP contribution in [0.15, 0.2) is 53.4 Å². The lowest BCUT2D eigenvalue weighted by Gasteiger charge is -2.33. The first-order valence-electron chi connectivity index (χ1n) is 8.57. The van der Waals surface area contributed by atoms with Gasteiger partial charge in [0, 0.05) is 11.3 Å². The van der Waals surface area contributed by atoms with Gasteiger partial charge in [-0.1, -0.05) is 30.3 Å². The lowest BCUT2D eigenvalue weighted by Crippen LogP contribution is -2.53. The van der Waals surface area contributed by atoms with Crippen molar-refractivity contribution in [2.24, 2.45) is 0 Å². The average Bonchev–Trinajstić information content (AvgIpc) is 3.40. The van der Waals surface area contributed by atoms with Crippen LogP contribution in [0.5, 0.6) is 0 Å². The highest BCUT2D eigenvalue weighted by Gasteiger charge is 2.55. The van der Waals surface area contributed by atoms with Gasteiger partial charge in [0.25, 0.3) is 0 Å². The van der Waals surface area contributed by atoms with E-state index >= 15 is 0 Å². The van der Waals surface area contributed by atoms with Gasteiger partial charge < -0.3 is 10.4 Å². The Morgan fingerprint density at radius 2 is 2.11 bits per heavy atom. The Hall–Kier alpha value is -1.97. The molecule has 8 heteroatoms. The van der Waals surface area contributed by atoms with Crippen LogP contribution in [0.1, 0.15) is 11.1 Å². The summed E-state index contributed by atoms with van der Waals surface area (Å²) in [4.78, 5) is 23.2. The number of fused-ring (bicyclic) bond motifs is 1. The lowest BCUT2D eigenvalue weighted by molar-refractivity contribution is -0.128. The predicted octanol–water partition coefficient (Wildman–Crippen LogP) is 2.02. The molecule has 142 valence electrons. The number of amides is 1. The number of rotatable bonds is 5. The van der Waals surface area contributed by atoms with Crippen molar-refractivity contribution < 1.29 is 24.1 Å². The number of nitrogens with one attached hydrogen (secondary N) is 1. The van der Waals surface area contributed by atoms with Crippen molar-refractivity contribution in [2.75, 3.05) is 7.05 Å². The highest BCUT2D eigenvalue weighted by molar-refractivity contribution is 7.97. The van der Waals surface area contributed by atoms with E-state index in [2.05, 4.69) is 15.1 Å². The van der Waals surface area contributed by atoms with E-state index in [9.17, 15) is 14.3 Å². The van der Waals surface area contributed by atoms with Gasteiger partial charge in [-0.05, 0) is 54.7 Å². The fourth-order valence-electron chi connectivity index (χ4n) is 3.16. The third-order valence-electron chi connectivity index (χ3n) is 4.71. The summed E-state index contributed by atoms with van der Waals surface area (Å²) in [6.45, 7) is 0. The Morgan fingerprint density at radius 1 is 1.37 bits per heavy atom. The molecule has 2 aromatic rings. The molecule has 2 aromatic carbocycles. The second-order valence-electron chi connectivity index (χ2n) is 6.66. The minimum atomic E-state index is -1.82. The molecule has 1 fully saturated rings. The maximum Gasteiger partial charge on any atom is 0.358 e. The molecule has 2 aliphatic heterocycles. The summed E-state index contributed by atoms with van der Waals surface area (Å²) in [5, 5.41) is 13.1. The summed E-state index contributed by atoms with van der Waals surface area (Å²) in [5.41, 5.74) is 1.71. The normalized spacial score (nSPS) is 22.0. The number of aliphatic hydroxyl groups is 1. The van der Waals surface area contributed by atoms with Crippen LogP contribution in [-0.2, 0) is 27.4 Å². The first-order valence-corrected chi connectivity index (χ1v) is 9.35. The summed E-state index contributed by atoms with van der Waals surface area (Å²) < 4.78 is 15.4. The molecule has 2 heterocycles. The fourth-order valence-corrected chi connectivity index (χ4v) is 4.15. The fraction of sp³-hybridized carbons (Fsp3) is 0.316. The molecule has 2 atom stereocenters. The molecule has 4 rings (SSSR count). The predicted molar refractivity (Wildman–Crippen MR) is 96.7 cm³/mol. The number of carbonyl (C=O) groups excluding carboxylic acids is 1.